The van der Waals surface area contributed by atoms with E-state index >= 15 is 0 Å². The Morgan fingerprint density at radius 3 is 2.50 bits per heavy atom. The number of carbonyl (C=O) groups excluding carboxylic acids is 1. The molecule has 1 amide bonds. The Morgan fingerprint density at radius 2 is 1.78 bits per heavy atom. The lowest BCUT2D eigenvalue weighted by atomic mass is 10.2. The summed E-state index contributed by atoms with van der Waals surface area (Å²) in [5, 5.41) is 22.3. The summed E-state index contributed by atoms with van der Waals surface area (Å²) in [5.74, 6) is 1.99. The number of thioether (sulfide) groups is 1. The number of carbonyl (C=O) groups is 1. The first-order chi connectivity index (χ1) is 15.5. The Morgan fingerprint density at radius 1 is 1.03 bits per heavy atom. The summed E-state index contributed by atoms with van der Waals surface area (Å²) in [7, 11) is 0. The van der Waals surface area contributed by atoms with Crippen molar-refractivity contribution < 1.29 is 13.9 Å². The number of hydrogen-bond donors (Lipinski definition) is 2. The summed E-state index contributed by atoms with van der Waals surface area (Å²) in [5.41, 5.74) is 0.855. The third-order valence-corrected chi connectivity index (χ3v) is 5.97. The molecule has 2 aromatic carbocycles. The first kappa shape index (κ1) is 21.8. The van der Waals surface area contributed by atoms with Crippen LogP contribution in [0.25, 0.3) is 0 Å². The van der Waals surface area contributed by atoms with Gasteiger partial charge in [0.25, 0.3) is 0 Å². The molecule has 0 spiro atoms. The Hall–Kier alpha value is -3.44. The van der Waals surface area contributed by atoms with Gasteiger partial charge in [-0.2, -0.15) is 0 Å². The smallest absolute Gasteiger partial charge is 0.322 e. The number of para-hydroxylation sites is 1. The van der Waals surface area contributed by atoms with E-state index in [9.17, 15) is 4.79 Å². The number of hydrogen-bond acceptors (Lipinski definition) is 10. The van der Waals surface area contributed by atoms with Crippen molar-refractivity contribution >= 4 is 45.8 Å². The summed E-state index contributed by atoms with van der Waals surface area (Å²) >= 11 is 2.64. The van der Waals surface area contributed by atoms with Crippen LogP contribution in [0.15, 0.2) is 63.4 Å². The number of aromatic nitrogens is 4. The molecule has 4 rings (SSSR count). The molecule has 4 aromatic rings. The molecule has 0 atom stereocenters. The molecule has 0 bridgehead atoms. The number of rotatable bonds is 9. The van der Waals surface area contributed by atoms with Crippen LogP contribution in [0.3, 0.4) is 0 Å². The predicted octanol–water partition coefficient (Wildman–Crippen LogP) is 5.31. The maximum atomic E-state index is 12.1. The Labute approximate surface area is 192 Å². The number of ether oxygens (including phenoxy) is 1. The van der Waals surface area contributed by atoms with E-state index in [1.165, 1.54) is 23.1 Å². The second kappa shape index (κ2) is 10.2. The van der Waals surface area contributed by atoms with E-state index in [0.29, 0.717) is 15.4 Å². The van der Waals surface area contributed by atoms with Gasteiger partial charge >= 0.3 is 6.01 Å². The molecule has 2 heterocycles. The van der Waals surface area contributed by atoms with E-state index in [0.717, 1.165) is 17.2 Å². The minimum atomic E-state index is -0.257. The molecule has 0 saturated carbocycles. The molecule has 2 aromatic heterocycles. The van der Waals surface area contributed by atoms with Crippen molar-refractivity contribution in [1.82, 2.24) is 20.4 Å². The largest absolute Gasteiger partial charge is 0.457 e. The Kier molecular flexibility index (Phi) is 6.97. The van der Waals surface area contributed by atoms with Crippen LogP contribution in [0.2, 0.25) is 0 Å². The first-order valence-corrected chi connectivity index (χ1v) is 11.5. The van der Waals surface area contributed by atoms with Crippen LogP contribution in [0.4, 0.5) is 16.8 Å². The Balaban J connectivity index is 1.25. The fourth-order valence-corrected chi connectivity index (χ4v) is 4.05. The average Bonchev–Trinajstić information content (AvgIpc) is 3.44. The van der Waals surface area contributed by atoms with Gasteiger partial charge in [-0.15, -0.1) is 15.3 Å². The highest BCUT2D eigenvalue weighted by Gasteiger charge is 2.13. The van der Waals surface area contributed by atoms with E-state index in [-0.39, 0.29) is 23.6 Å². The zero-order valence-electron chi connectivity index (χ0n) is 17.3. The standard InChI is InChI=1S/C21H20N6O3S2/c1-13(2)18-24-25-19(30-18)23-17(28)12-31-21-27-26-20(32-21)22-14-8-10-16(11-9-14)29-15-6-4-3-5-7-15/h3-11,13H,12H2,1-2H3,(H,22,26)(H,23,25,28). The van der Waals surface area contributed by atoms with Crippen molar-refractivity contribution in [2.45, 2.75) is 24.1 Å². The fourth-order valence-electron chi connectivity index (χ4n) is 2.47. The molecular weight excluding hydrogens is 448 g/mol. The molecule has 32 heavy (non-hydrogen) atoms. The van der Waals surface area contributed by atoms with Crippen LogP contribution in [-0.2, 0) is 4.79 Å². The second-order valence-corrected chi connectivity index (χ2v) is 9.07. The number of anilines is 3. The summed E-state index contributed by atoms with van der Waals surface area (Å²) in [6.45, 7) is 3.87. The molecule has 0 unspecified atom stereocenters. The van der Waals surface area contributed by atoms with E-state index in [1.807, 2.05) is 68.4 Å². The van der Waals surface area contributed by atoms with Gasteiger partial charge in [-0.1, -0.05) is 60.2 Å². The van der Waals surface area contributed by atoms with Crippen molar-refractivity contribution in [3.63, 3.8) is 0 Å². The highest BCUT2D eigenvalue weighted by atomic mass is 32.2. The highest BCUT2D eigenvalue weighted by Crippen LogP contribution is 2.29. The van der Waals surface area contributed by atoms with Gasteiger partial charge in [0.05, 0.1) is 5.75 Å². The highest BCUT2D eigenvalue weighted by molar-refractivity contribution is 8.01. The van der Waals surface area contributed by atoms with Gasteiger partial charge in [0, 0.05) is 11.6 Å². The molecular formula is C21H20N6O3S2. The van der Waals surface area contributed by atoms with E-state index in [2.05, 4.69) is 31.0 Å². The number of benzene rings is 2. The molecule has 0 aliphatic rings. The van der Waals surface area contributed by atoms with Crippen molar-refractivity contribution in [2.75, 3.05) is 16.4 Å². The monoisotopic (exact) mass is 468 g/mol. The molecule has 0 saturated heterocycles. The van der Waals surface area contributed by atoms with Crippen LogP contribution in [-0.4, -0.2) is 32.1 Å². The van der Waals surface area contributed by atoms with E-state index < -0.39 is 0 Å². The van der Waals surface area contributed by atoms with Crippen LogP contribution in [0, 0.1) is 0 Å². The maximum Gasteiger partial charge on any atom is 0.322 e. The molecule has 9 nitrogen and oxygen atoms in total. The van der Waals surface area contributed by atoms with Gasteiger partial charge in [0.2, 0.25) is 16.9 Å². The van der Waals surface area contributed by atoms with Gasteiger partial charge in [0.15, 0.2) is 4.34 Å². The zero-order valence-corrected chi connectivity index (χ0v) is 18.9. The number of nitrogens with zero attached hydrogens (tertiary/aromatic N) is 4. The average molecular weight is 469 g/mol. The normalized spacial score (nSPS) is 10.8. The zero-order chi connectivity index (χ0) is 22.3. The molecule has 0 fully saturated rings. The lowest BCUT2D eigenvalue weighted by Gasteiger charge is -2.06. The first-order valence-electron chi connectivity index (χ1n) is 9.75. The maximum absolute atomic E-state index is 12.1. The minimum Gasteiger partial charge on any atom is -0.457 e. The van der Waals surface area contributed by atoms with Crippen molar-refractivity contribution in [1.29, 1.82) is 0 Å². The van der Waals surface area contributed by atoms with Gasteiger partial charge < -0.3 is 14.5 Å². The van der Waals surface area contributed by atoms with Crippen LogP contribution >= 0.6 is 23.1 Å². The van der Waals surface area contributed by atoms with Crippen LogP contribution in [0.5, 0.6) is 11.5 Å². The van der Waals surface area contributed by atoms with Gasteiger partial charge in [-0.05, 0) is 36.4 Å². The van der Waals surface area contributed by atoms with E-state index in [4.69, 9.17) is 9.15 Å². The summed E-state index contributed by atoms with van der Waals surface area (Å²) in [6, 6.07) is 17.2. The molecule has 0 aliphatic carbocycles. The summed E-state index contributed by atoms with van der Waals surface area (Å²) in [6.07, 6.45) is 0. The fraction of sp³-hybridized carbons (Fsp3) is 0.190. The molecule has 11 heteroatoms. The van der Waals surface area contributed by atoms with Crippen LogP contribution in [0.1, 0.15) is 25.7 Å². The third-order valence-electron chi connectivity index (χ3n) is 4.00. The minimum absolute atomic E-state index is 0.0959. The van der Waals surface area contributed by atoms with Crippen LogP contribution < -0.4 is 15.4 Å². The van der Waals surface area contributed by atoms with Crippen molar-refractivity contribution in [2.24, 2.45) is 0 Å². The topological polar surface area (TPSA) is 115 Å². The lowest BCUT2D eigenvalue weighted by molar-refractivity contribution is -0.113. The lowest BCUT2D eigenvalue weighted by Crippen LogP contribution is -2.14. The number of amides is 1. The Bertz CT molecular complexity index is 1160. The SMILES string of the molecule is CC(C)c1nnc(NC(=O)CSc2nnc(Nc3ccc(Oc4ccccc4)cc3)s2)o1. The molecule has 164 valence electrons. The van der Waals surface area contributed by atoms with Gasteiger partial charge in [-0.3, -0.25) is 10.1 Å². The van der Waals surface area contributed by atoms with Crippen molar-refractivity contribution in [3.8, 4) is 11.5 Å². The third kappa shape index (κ3) is 6.05. The quantitative estimate of drug-likeness (QED) is 0.315. The van der Waals surface area contributed by atoms with E-state index in [1.54, 1.807) is 0 Å². The summed E-state index contributed by atoms with van der Waals surface area (Å²) < 4.78 is 11.8. The van der Waals surface area contributed by atoms with Gasteiger partial charge in [-0.25, -0.2) is 0 Å². The predicted molar refractivity (Wildman–Crippen MR) is 124 cm³/mol. The van der Waals surface area contributed by atoms with Crippen molar-refractivity contribution in [3.05, 3.63) is 60.5 Å². The summed E-state index contributed by atoms with van der Waals surface area (Å²) in [4.78, 5) is 12.1. The number of nitrogens with one attached hydrogen (secondary N) is 2. The second-order valence-electron chi connectivity index (χ2n) is 6.87. The molecule has 2 N–H and O–H groups in total. The molecule has 0 aliphatic heterocycles. The van der Waals surface area contributed by atoms with Gasteiger partial charge in [0.1, 0.15) is 11.5 Å². The molecule has 0 radical (unpaired) electrons.